The molecule has 0 spiro atoms. The molecule has 1 aromatic heterocycles. The second-order valence-electron chi connectivity index (χ2n) is 7.69. The third-order valence-electron chi connectivity index (χ3n) is 5.81. The van der Waals surface area contributed by atoms with Crippen LogP contribution in [0.25, 0.3) is 0 Å². The average Bonchev–Trinajstić information content (AvgIpc) is 2.67. The van der Waals surface area contributed by atoms with Crippen LogP contribution in [0.4, 0.5) is 0 Å². The molecule has 0 saturated carbocycles. The smallest absolute Gasteiger partial charge is 0.253 e. The number of thiol groups is 1. The molecule has 1 amide bonds. The van der Waals surface area contributed by atoms with Crippen LogP contribution in [-0.2, 0) is 0 Å². The molecule has 0 unspecified atom stereocenters. The van der Waals surface area contributed by atoms with Crippen LogP contribution < -0.4 is 5.32 Å². The van der Waals surface area contributed by atoms with Gasteiger partial charge >= 0.3 is 0 Å². The van der Waals surface area contributed by atoms with Gasteiger partial charge in [0.1, 0.15) is 0 Å². The number of piperazine rings is 1. The molecule has 3 rings (SSSR count). The maximum Gasteiger partial charge on any atom is 0.253 e. The number of likely N-dealkylation sites (N-methyl/N-ethyl adjacent to an activating group) is 1. The van der Waals surface area contributed by atoms with Gasteiger partial charge in [0, 0.05) is 52.0 Å². The maximum absolute atomic E-state index is 13.0. The summed E-state index contributed by atoms with van der Waals surface area (Å²) < 4.78 is 2.03. The van der Waals surface area contributed by atoms with E-state index in [0.29, 0.717) is 16.3 Å². The first-order valence-electron chi connectivity index (χ1n) is 9.74. The van der Waals surface area contributed by atoms with E-state index < -0.39 is 0 Å². The zero-order valence-electron chi connectivity index (χ0n) is 16.2. The number of piperidine rings is 1. The van der Waals surface area contributed by atoms with Crippen molar-refractivity contribution >= 4 is 30.3 Å². The molecule has 0 aromatic carbocycles. The predicted molar refractivity (Wildman–Crippen MR) is 113 cm³/mol. The third-order valence-corrected chi connectivity index (χ3v) is 6.42. The molecular weight excluding hydrogens is 382 g/mol. The minimum atomic E-state index is -0.237. The second-order valence-corrected chi connectivity index (χ2v) is 8.69. The van der Waals surface area contributed by atoms with E-state index in [-0.39, 0.29) is 11.4 Å². The van der Waals surface area contributed by atoms with Gasteiger partial charge in [0.2, 0.25) is 0 Å². The molecule has 2 aliphatic rings. The van der Waals surface area contributed by atoms with Gasteiger partial charge in [-0.2, -0.15) is 0 Å². The zero-order chi connectivity index (χ0) is 19.4. The molecule has 2 aliphatic heterocycles. The van der Waals surface area contributed by atoms with Crippen molar-refractivity contribution in [2.45, 2.75) is 32.2 Å². The molecule has 1 N–H and O–H groups in total. The van der Waals surface area contributed by atoms with Crippen molar-refractivity contribution in [1.82, 2.24) is 24.4 Å². The van der Waals surface area contributed by atoms with Crippen LogP contribution in [0.1, 0.15) is 35.8 Å². The Morgan fingerprint density at radius 1 is 1.22 bits per heavy atom. The molecule has 6 nitrogen and oxygen atoms in total. The number of hydrogen-bond acceptors (Lipinski definition) is 6. The summed E-state index contributed by atoms with van der Waals surface area (Å²) in [4.78, 5) is 22.2. The molecule has 0 atom stereocenters. The largest absolute Gasteiger partial charge is 0.345 e. The van der Waals surface area contributed by atoms with Crippen molar-refractivity contribution in [3.05, 3.63) is 28.5 Å². The number of nitrogens with zero attached hydrogens (tertiary/aromatic N) is 4. The fourth-order valence-electron chi connectivity index (χ4n) is 3.98. The number of aryl methyl sites for hydroxylation is 1. The Hall–Kier alpha value is -0.860. The Morgan fingerprint density at radius 2 is 1.85 bits per heavy atom. The molecule has 0 radical (unpaired) electrons. The molecular formula is C19H30ClN5OS. The SMILES string of the molecule is CCN1CCN(CC2(NC(=O)c3cc(Cl)cnc3C)CCN(S)CC2)CC1. The highest BCUT2D eigenvalue weighted by molar-refractivity contribution is 7.77. The summed E-state index contributed by atoms with van der Waals surface area (Å²) in [5.74, 6) is -0.0812. The van der Waals surface area contributed by atoms with Crippen molar-refractivity contribution in [3.8, 4) is 0 Å². The molecule has 150 valence electrons. The minimum Gasteiger partial charge on any atom is -0.345 e. The van der Waals surface area contributed by atoms with E-state index in [2.05, 4.69) is 39.8 Å². The van der Waals surface area contributed by atoms with E-state index in [1.807, 2.05) is 11.2 Å². The molecule has 1 aromatic rings. The van der Waals surface area contributed by atoms with Gasteiger partial charge in [-0.15, -0.1) is 0 Å². The Bertz CT molecular complexity index is 658. The van der Waals surface area contributed by atoms with Gasteiger partial charge in [-0.3, -0.25) is 19.0 Å². The third kappa shape index (κ3) is 5.35. The summed E-state index contributed by atoms with van der Waals surface area (Å²) in [6.07, 6.45) is 3.36. The number of rotatable bonds is 5. The Balaban J connectivity index is 1.73. The molecule has 2 fully saturated rings. The van der Waals surface area contributed by atoms with Gasteiger partial charge in [0.15, 0.2) is 0 Å². The van der Waals surface area contributed by atoms with E-state index in [1.165, 1.54) is 0 Å². The van der Waals surface area contributed by atoms with E-state index in [0.717, 1.165) is 65.2 Å². The average molecular weight is 412 g/mol. The molecule has 0 aliphatic carbocycles. The summed E-state index contributed by atoms with van der Waals surface area (Å²) in [5.41, 5.74) is 1.03. The second kappa shape index (κ2) is 9.09. The number of carbonyl (C=O) groups excluding carboxylic acids is 1. The first kappa shape index (κ1) is 20.9. The number of amides is 1. The van der Waals surface area contributed by atoms with Crippen molar-refractivity contribution < 1.29 is 4.79 Å². The van der Waals surface area contributed by atoms with Gasteiger partial charge in [-0.05, 0) is 32.4 Å². The number of carbonyl (C=O) groups is 1. The standard InChI is InChI=1S/C19H30ClN5OS/c1-3-23-8-10-24(11-9-23)14-19(4-6-25(27)7-5-19)22-18(26)17-12-16(20)13-21-15(17)2/h12-13,27H,3-11,14H2,1-2H3,(H,22,26). The number of hydrogen-bond donors (Lipinski definition) is 2. The summed E-state index contributed by atoms with van der Waals surface area (Å²) >= 11 is 10.6. The fourth-order valence-corrected chi connectivity index (χ4v) is 4.34. The highest BCUT2D eigenvalue weighted by Crippen LogP contribution is 2.26. The highest BCUT2D eigenvalue weighted by Gasteiger charge is 2.38. The first-order valence-corrected chi connectivity index (χ1v) is 10.5. The summed E-state index contributed by atoms with van der Waals surface area (Å²) in [7, 11) is 0. The van der Waals surface area contributed by atoms with Gasteiger partial charge in [-0.1, -0.05) is 31.3 Å². The van der Waals surface area contributed by atoms with Gasteiger partial charge in [0.05, 0.1) is 21.8 Å². The first-order chi connectivity index (χ1) is 12.9. The van der Waals surface area contributed by atoms with Crippen LogP contribution in [0.15, 0.2) is 12.3 Å². The Labute approximate surface area is 172 Å². The lowest BCUT2D eigenvalue weighted by Crippen LogP contribution is -2.61. The van der Waals surface area contributed by atoms with Crippen molar-refractivity contribution in [1.29, 1.82) is 0 Å². The van der Waals surface area contributed by atoms with Gasteiger partial charge in [0.25, 0.3) is 5.91 Å². The zero-order valence-corrected chi connectivity index (χ0v) is 17.9. The normalized spacial score (nSPS) is 21.9. The molecule has 2 saturated heterocycles. The topological polar surface area (TPSA) is 51.7 Å². The highest BCUT2D eigenvalue weighted by atomic mass is 35.5. The lowest BCUT2D eigenvalue weighted by atomic mass is 9.86. The van der Waals surface area contributed by atoms with E-state index in [4.69, 9.17) is 11.6 Å². The quantitative estimate of drug-likeness (QED) is 0.726. The lowest BCUT2D eigenvalue weighted by Gasteiger charge is -2.45. The van der Waals surface area contributed by atoms with Gasteiger partial charge < -0.3 is 10.2 Å². The van der Waals surface area contributed by atoms with Crippen molar-refractivity contribution in [3.63, 3.8) is 0 Å². The number of halogens is 1. The van der Waals surface area contributed by atoms with Gasteiger partial charge in [-0.25, -0.2) is 0 Å². The molecule has 27 heavy (non-hydrogen) atoms. The Kier molecular flexibility index (Phi) is 7.03. The fraction of sp³-hybridized carbons (Fsp3) is 0.684. The van der Waals surface area contributed by atoms with Crippen LogP contribution >= 0.6 is 24.4 Å². The number of pyridine rings is 1. The monoisotopic (exact) mass is 411 g/mol. The molecule has 8 heteroatoms. The van der Waals surface area contributed by atoms with Crippen LogP contribution in [0.2, 0.25) is 5.02 Å². The summed E-state index contributed by atoms with van der Waals surface area (Å²) in [5, 5.41) is 3.84. The lowest BCUT2D eigenvalue weighted by molar-refractivity contribution is 0.0668. The number of aromatic nitrogens is 1. The van der Waals surface area contributed by atoms with Crippen LogP contribution in [0, 0.1) is 6.92 Å². The van der Waals surface area contributed by atoms with Crippen LogP contribution in [-0.4, -0.2) is 82.9 Å². The van der Waals surface area contributed by atoms with E-state index >= 15 is 0 Å². The van der Waals surface area contributed by atoms with E-state index in [9.17, 15) is 4.79 Å². The molecule has 0 bridgehead atoms. The van der Waals surface area contributed by atoms with Crippen molar-refractivity contribution in [2.75, 3.05) is 52.4 Å². The summed E-state index contributed by atoms with van der Waals surface area (Å²) in [6, 6.07) is 1.71. The maximum atomic E-state index is 13.0. The predicted octanol–water partition coefficient (Wildman–Crippen LogP) is 2.09. The van der Waals surface area contributed by atoms with Crippen LogP contribution in [0.5, 0.6) is 0 Å². The minimum absolute atomic E-state index is 0.0812. The number of nitrogens with one attached hydrogen (secondary N) is 1. The van der Waals surface area contributed by atoms with Crippen molar-refractivity contribution in [2.24, 2.45) is 0 Å². The van der Waals surface area contributed by atoms with E-state index in [1.54, 1.807) is 12.3 Å². The Morgan fingerprint density at radius 3 is 2.48 bits per heavy atom. The summed E-state index contributed by atoms with van der Waals surface area (Å²) in [6.45, 7) is 12.1. The molecule has 3 heterocycles. The van der Waals surface area contributed by atoms with Crippen LogP contribution in [0.3, 0.4) is 0 Å².